The van der Waals surface area contributed by atoms with E-state index in [1.807, 2.05) is 0 Å². The van der Waals surface area contributed by atoms with Crippen LogP contribution in [0.5, 0.6) is 0 Å². The number of nitrogen functional groups attached to an aromatic ring is 1. The van der Waals surface area contributed by atoms with Gasteiger partial charge in [-0.15, -0.1) is 0 Å². The predicted molar refractivity (Wildman–Crippen MR) is 102 cm³/mol. The monoisotopic (exact) mass is 385 g/mol. The minimum absolute atomic E-state index is 0.0206. The number of rotatable bonds is 6. The number of benzene rings is 2. The van der Waals surface area contributed by atoms with Gasteiger partial charge in [0.15, 0.2) is 0 Å². The van der Waals surface area contributed by atoms with Crippen molar-refractivity contribution in [2.75, 3.05) is 6.54 Å². The van der Waals surface area contributed by atoms with Crippen molar-refractivity contribution in [3.05, 3.63) is 52.5 Å². The number of amidine groups is 1. The van der Waals surface area contributed by atoms with Crippen molar-refractivity contribution in [2.45, 2.75) is 6.42 Å². The molecule has 0 spiro atoms. The van der Waals surface area contributed by atoms with Gasteiger partial charge >= 0.3 is 5.97 Å². The van der Waals surface area contributed by atoms with E-state index in [-0.39, 0.29) is 18.8 Å². The van der Waals surface area contributed by atoms with Gasteiger partial charge in [-0.25, -0.2) is 4.98 Å². The Kier molecular flexibility index (Phi) is 5.09. The molecule has 2 aromatic carbocycles. The molecule has 138 valence electrons. The average molecular weight is 386 g/mol. The van der Waals surface area contributed by atoms with Gasteiger partial charge < -0.3 is 21.1 Å². The first-order chi connectivity index (χ1) is 12.8. The highest BCUT2D eigenvalue weighted by atomic mass is 35.5. The molecule has 0 aliphatic rings. The van der Waals surface area contributed by atoms with Crippen molar-refractivity contribution in [3.63, 3.8) is 0 Å². The second kappa shape index (κ2) is 7.46. The lowest BCUT2D eigenvalue weighted by Crippen LogP contribution is -2.25. The average Bonchev–Trinajstić information content (AvgIpc) is 3.06. The summed E-state index contributed by atoms with van der Waals surface area (Å²) in [6.45, 7) is 0.0283. The number of halogens is 1. The normalized spacial score (nSPS) is 10.7. The quantitative estimate of drug-likeness (QED) is 0.326. The van der Waals surface area contributed by atoms with Crippen molar-refractivity contribution >= 4 is 40.3 Å². The van der Waals surface area contributed by atoms with Crippen molar-refractivity contribution < 1.29 is 14.7 Å². The molecule has 1 amide bonds. The summed E-state index contributed by atoms with van der Waals surface area (Å²) in [5.41, 5.74) is 8.24. The Morgan fingerprint density at radius 3 is 2.56 bits per heavy atom. The fourth-order valence-corrected chi connectivity index (χ4v) is 2.80. The molecule has 0 radical (unpaired) electrons. The van der Waals surface area contributed by atoms with Crippen molar-refractivity contribution in [1.29, 1.82) is 5.41 Å². The summed E-state index contributed by atoms with van der Waals surface area (Å²) in [7, 11) is 0. The van der Waals surface area contributed by atoms with E-state index in [4.69, 9.17) is 27.9 Å². The van der Waals surface area contributed by atoms with Gasteiger partial charge in [0.25, 0.3) is 5.91 Å². The number of nitrogens with one attached hydrogen (secondary N) is 3. The Morgan fingerprint density at radius 1 is 1.22 bits per heavy atom. The molecule has 0 saturated heterocycles. The van der Waals surface area contributed by atoms with Crippen molar-refractivity contribution in [3.8, 4) is 11.4 Å². The number of nitrogens with zero attached hydrogens (tertiary/aromatic N) is 1. The van der Waals surface area contributed by atoms with Gasteiger partial charge in [0, 0.05) is 23.2 Å². The first-order valence-electron chi connectivity index (χ1n) is 7.99. The zero-order valence-electron chi connectivity index (χ0n) is 14.0. The minimum Gasteiger partial charge on any atom is -0.481 e. The fourth-order valence-electron chi connectivity index (χ4n) is 2.54. The zero-order chi connectivity index (χ0) is 19.6. The van der Waals surface area contributed by atoms with Crippen LogP contribution in [-0.2, 0) is 4.79 Å². The van der Waals surface area contributed by atoms with Gasteiger partial charge in [0.2, 0.25) is 0 Å². The van der Waals surface area contributed by atoms with Crippen LogP contribution in [-0.4, -0.2) is 39.3 Å². The van der Waals surface area contributed by atoms with Crippen LogP contribution >= 0.6 is 11.6 Å². The summed E-state index contributed by atoms with van der Waals surface area (Å²) in [6.07, 6.45) is -0.161. The third-order valence-corrected chi connectivity index (χ3v) is 4.18. The molecule has 0 unspecified atom stereocenters. The molecule has 1 aromatic heterocycles. The summed E-state index contributed by atoms with van der Waals surface area (Å²) in [5.74, 6) is -0.863. The Labute approximate surface area is 158 Å². The highest BCUT2D eigenvalue weighted by Crippen LogP contribution is 2.27. The first kappa shape index (κ1) is 18.4. The number of H-pyrrole nitrogens is 1. The van der Waals surface area contributed by atoms with Crippen LogP contribution in [0.25, 0.3) is 22.4 Å². The number of nitrogens with two attached hydrogens (primary N) is 1. The molecule has 0 fully saturated rings. The van der Waals surface area contributed by atoms with Crippen LogP contribution < -0.4 is 11.1 Å². The summed E-state index contributed by atoms with van der Waals surface area (Å²) >= 11 is 6.26. The summed E-state index contributed by atoms with van der Waals surface area (Å²) in [4.78, 5) is 30.3. The minimum atomic E-state index is -0.988. The molecule has 8 nitrogen and oxygen atoms in total. The summed E-state index contributed by atoms with van der Waals surface area (Å²) in [5, 5.41) is 18.9. The molecule has 3 aromatic rings. The van der Waals surface area contributed by atoms with Crippen LogP contribution in [0.3, 0.4) is 0 Å². The Hall–Kier alpha value is -3.39. The van der Waals surface area contributed by atoms with E-state index >= 15 is 0 Å². The van der Waals surface area contributed by atoms with Crippen LogP contribution in [0.2, 0.25) is 5.02 Å². The number of aromatic amines is 1. The fraction of sp³-hybridized carbons (Fsp3) is 0.111. The Bertz CT molecular complexity index is 1040. The number of carboxylic acids is 1. The highest BCUT2D eigenvalue weighted by Gasteiger charge is 2.14. The van der Waals surface area contributed by atoms with Crippen LogP contribution in [0.1, 0.15) is 22.3 Å². The smallest absolute Gasteiger partial charge is 0.305 e. The molecule has 27 heavy (non-hydrogen) atoms. The van der Waals surface area contributed by atoms with Crippen LogP contribution in [0.4, 0.5) is 0 Å². The molecule has 9 heteroatoms. The van der Waals surface area contributed by atoms with E-state index in [1.54, 1.807) is 30.3 Å². The van der Waals surface area contributed by atoms with Crippen LogP contribution in [0, 0.1) is 5.41 Å². The topological polar surface area (TPSA) is 145 Å². The molecule has 6 N–H and O–H groups in total. The molecule has 1 heterocycles. The predicted octanol–water partition coefficient (Wildman–Crippen LogP) is 2.37. The number of hydrogen-bond acceptors (Lipinski definition) is 4. The van der Waals surface area contributed by atoms with Crippen LogP contribution in [0.15, 0.2) is 36.4 Å². The molecule has 0 saturated carbocycles. The lowest BCUT2D eigenvalue weighted by atomic mass is 10.1. The molecule has 0 aliphatic heterocycles. The number of fused-ring (bicyclic) bond motifs is 1. The zero-order valence-corrected chi connectivity index (χ0v) is 14.8. The molecular weight excluding hydrogens is 370 g/mol. The summed E-state index contributed by atoms with van der Waals surface area (Å²) in [6, 6.07) is 10.1. The molecule has 3 rings (SSSR count). The van der Waals surface area contributed by atoms with E-state index in [1.165, 1.54) is 6.07 Å². The van der Waals surface area contributed by atoms with Gasteiger partial charge in [-0.05, 0) is 12.1 Å². The van der Waals surface area contributed by atoms with E-state index in [0.29, 0.717) is 33.0 Å². The number of carboxylic acid groups (broad SMARTS) is 1. The number of carbonyl (C=O) groups is 2. The van der Waals surface area contributed by atoms with Gasteiger partial charge in [-0.3, -0.25) is 15.0 Å². The summed E-state index contributed by atoms with van der Waals surface area (Å²) < 4.78 is 0. The van der Waals surface area contributed by atoms with Crippen molar-refractivity contribution in [2.24, 2.45) is 5.73 Å². The third-order valence-electron chi connectivity index (χ3n) is 3.90. The molecule has 0 bridgehead atoms. The maximum atomic E-state index is 12.2. The molecule has 0 aliphatic carbocycles. The highest BCUT2D eigenvalue weighted by molar-refractivity contribution is 6.35. The van der Waals surface area contributed by atoms with Crippen molar-refractivity contribution in [1.82, 2.24) is 15.3 Å². The van der Waals surface area contributed by atoms with E-state index in [2.05, 4.69) is 15.3 Å². The SMILES string of the molecule is N=C(N)c1ccc(-c2nc3c(Cl)cc(C(=O)NCCC(=O)O)cc3[nH]2)cc1. The number of imidazole rings is 1. The lowest BCUT2D eigenvalue weighted by molar-refractivity contribution is -0.136. The number of carbonyl (C=O) groups excluding carboxylic acids is 1. The number of aliphatic carboxylic acids is 1. The standard InChI is InChI=1S/C18H16ClN5O3/c19-12-7-11(18(27)22-6-5-14(25)26)8-13-15(12)24-17(23-13)10-3-1-9(2-4-10)16(20)21/h1-4,7-8H,5-6H2,(H3,20,21)(H,22,27)(H,23,24)(H,25,26). The lowest BCUT2D eigenvalue weighted by Gasteiger charge is -2.04. The third kappa shape index (κ3) is 4.06. The van der Waals surface area contributed by atoms with E-state index < -0.39 is 11.9 Å². The van der Waals surface area contributed by atoms with Gasteiger partial charge in [-0.1, -0.05) is 35.9 Å². The van der Waals surface area contributed by atoms with E-state index in [0.717, 1.165) is 5.56 Å². The molecular formula is C18H16ClN5O3. The van der Waals surface area contributed by atoms with Gasteiger partial charge in [-0.2, -0.15) is 0 Å². The second-order valence-electron chi connectivity index (χ2n) is 5.83. The number of amides is 1. The molecule has 0 atom stereocenters. The number of hydrogen-bond donors (Lipinski definition) is 5. The first-order valence-corrected chi connectivity index (χ1v) is 8.37. The Balaban J connectivity index is 1.88. The van der Waals surface area contributed by atoms with E-state index in [9.17, 15) is 9.59 Å². The maximum Gasteiger partial charge on any atom is 0.305 e. The second-order valence-corrected chi connectivity index (χ2v) is 6.24. The number of aromatic nitrogens is 2. The maximum absolute atomic E-state index is 12.2. The van der Waals surface area contributed by atoms with Gasteiger partial charge in [0.1, 0.15) is 17.2 Å². The van der Waals surface area contributed by atoms with Gasteiger partial charge in [0.05, 0.1) is 17.0 Å². The Morgan fingerprint density at radius 2 is 1.93 bits per heavy atom. The largest absolute Gasteiger partial charge is 0.481 e.